The Bertz CT molecular complexity index is 857. The third kappa shape index (κ3) is 4.18. The standard InChI is InChI=1S/C18H13ClF2N2O/c1-11-3-2-4-12(7-11)10-23-18(24)13(9-22)8-14-16(20)6-5-15(19)17(14)21/h2-8H,10H2,1H3,(H,23,24)/b13-8+. The number of aryl methyl sites for hydroxylation is 1. The number of carbonyl (C=O) groups is 1. The zero-order valence-electron chi connectivity index (χ0n) is 12.7. The van der Waals surface area contributed by atoms with Crippen molar-refractivity contribution in [3.63, 3.8) is 0 Å². The molecule has 2 aromatic carbocycles. The van der Waals surface area contributed by atoms with Crippen LogP contribution < -0.4 is 5.32 Å². The van der Waals surface area contributed by atoms with Gasteiger partial charge in [0.2, 0.25) is 0 Å². The Morgan fingerprint density at radius 1 is 1.33 bits per heavy atom. The van der Waals surface area contributed by atoms with Crippen molar-refractivity contribution in [3.05, 3.63) is 75.3 Å². The summed E-state index contributed by atoms with van der Waals surface area (Å²) in [5, 5.41) is 11.3. The second-order valence-corrected chi connectivity index (χ2v) is 5.51. The van der Waals surface area contributed by atoms with Crippen molar-refractivity contribution in [2.45, 2.75) is 13.5 Å². The van der Waals surface area contributed by atoms with Gasteiger partial charge in [0, 0.05) is 12.1 Å². The summed E-state index contributed by atoms with van der Waals surface area (Å²) in [5.41, 5.74) is 0.939. The molecule has 2 aromatic rings. The van der Waals surface area contributed by atoms with E-state index in [2.05, 4.69) is 5.32 Å². The first-order valence-corrected chi connectivity index (χ1v) is 7.39. The molecule has 24 heavy (non-hydrogen) atoms. The normalized spacial score (nSPS) is 11.0. The van der Waals surface area contributed by atoms with Gasteiger partial charge in [-0.05, 0) is 30.7 Å². The van der Waals surface area contributed by atoms with Crippen LogP contribution in [0.5, 0.6) is 0 Å². The number of carbonyl (C=O) groups excluding carboxylic acids is 1. The van der Waals surface area contributed by atoms with E-state index in [0.717, 1.165) is 29.3 Å². The maximum Gasteiger partial charge on any atom is 0.262 e. The summed E-state index contributed by atoms with van der Waals surface area (Å²) in [5.74, 6) is -2.65. The highest BCUT2D eigenvalue weighted by Gasteiger charge is 2.15. The van der Waals surface area contributed by atoms with Gasteiger partial charge in [0.1, 0.15) is 17.5 Å². The quantitative estimate of drug-likeness (QED) is 0.513. The van der Waals surface area contributed by atoms with Crippen molar-refractivity contribution in [2.24, 2.45) is 0 Å². The predicted octanol–water partition coefficient (Wildman–Crippen LogP) is 4.15. The second kappa shape index (κ2) is 7.71. The van der Waals surface area contributed by atoms with Crippen LogP contribution in [0.3, 0.4) is 0 Å². The maximum absolute atomic E-state index is 13.9. The molecule has 1 amide bonds. The molecule has 0 saturated carbocycles. The lowest BCUT2D eigenvalue weighted by Crippen LogP contribution is -2.24. The van der Waals surface area contributed by atoms with Crippen molar-refractivity contribution < 1.29 is 13.6 Å². The summed E-state index contributed by atoms with van der Waals surface area (Å²) < 4.78 is 27.6. The molecule has 0 unspecified atom stereocenters. The molecule has 0 saturated heterocycles. The zero-order chi connectivity index (χ0) is 17.7. The summed E-state index contributed by atoms with van der Waals surface area (Å²) in [7, 11) is 0. The fraction of sp³-hybridized carbons (Fsp3) is 0.111. The van der Waals surface area contributed by atoms with E-state index in [9.17, 15) is 13.6 Å². The third-order valence-electron chi connectivity index (χ3n) is 3.27. The van der Waals surface area contributed by atoms with Crippen LogP contribution in [-0.4, -0.2) is 5.91 Å². The van der Waals surface area contributed by atoms with Gasteiger partial charge in [0.25, 0.3) is 5.91 Å². The number of nitriles is 1. The maximum atomic E-state index is 13.9. The van der Waals surface area contributed by atoms with Gasteiger partial charge in [0.05, 0.1) is 5.02 Å². The van der Waals surface area contributed by atoms with E-state index in [1.54, 1.807) is 6.07 Å². The van der Waals surface area contributed by atoms with Crippen molar-refractivity contribution in [1.29, 1.82) is 5.26 Å². The highest BCUT2D eigenvalue weighted by Crippen LogP contribution is 2.23. The van der Waals surface area contributed by atoms with Gasteiger partial charge in [-0.15, -0.1) is 0 Å². The highest BCUT2D eigenvalue weighted by molar-refractivity contribution is 6.30. The fourth-order valence-electron chi connectivity index (χ4n) is 2.07. The predicted molar refractivity (Wildman–Crippen MR) is 88.0 cm³/mol. The van der Waals surface area contributed by atoms with Gasteiger partial charge < -0.3 is 5.32 Å². The van der Waals surface area contributed by atoms with E-state index in [0.29, 0.717) is 0 Å². The average Bonchev–Trinajstić information content (AvgIpc) is 2.56. The van der Waals surface area contributed by atoms with Crippen molar-refractivity contribution in [3.8, 4) is 6.07 Å². The Hall–Kier alpha value is -2.71. The molecular formula is C18H13ClF2N2O. The molecule has 0 aliphatic rings. The molecule has 0 heterocycles. The monoisotopic (exact) mass is 346 g/mol. The second-order valence-electron chi connectivity index (χ2n) is 5.10. The Morgan fingerprint density at radius 2 is 2.08 bits per heavy atom. The van der Waals surface area contributed by atoms with Crippen LogP contribution in [0.4, 0.5) is 8.78 Å². The van der Waals surface area contributed by atoms with E-state index < -0.39 is 28.7 Å². The van der Waals surface area contributed by atoms with E-state index in [4.69, 9.17) is 16.9 Å². The number of hydrogen-bond donors (Lipinski definition) is 1. The minimum absolute atomic E-state index is 0.194. The summed E-state index contributed by atoms with van der Waals surface area (Å²) in [4.78, 5) is 12.1. The molecule has 0 aromatic heterocycles. The zero-order valence-corrected chi connectivity index (χ0v) is 13.5. The molecule has 1 N–H and O–H groups in total. The number of nitrogens with one attached hydrogen (secondary N) is 1. The van der Waals surface area contributed by atoms with Crippen LogP contribution >= 0.6 is 11.6 Å². The van der Waals surface area contributed by atoms with Gasteiger partial charge >= 0.3 is 0 Å². The molecule has 0 bridgehead atoms. The lowest BCUT2D eigenvalue weighted by molar-refractivity contribution is -0.117. The summed E-state index contributed by atoms with van der Waals surface area (Å²) in [6, 6.07) is 11.1. The van der Waals surface area contributed by atoms with Crippen molar-refractivity contribution >= 4 is 23.6 Å². The van der Waals surface area contributed by atoms with Gasteiger partial charge in [-0.25, -0.2) is 8.78 Å². The molecule has 2 rings (SSSR count). The number of benzene rings is 2. The molecule has 0 aliphatic heterocycles. The summed E-state index contributed by atoms with van der Waals surface area (Å²) in [6.07, 6.45) is 0.849. The van der Waals surface area contributed by atoms with Crippen LogP contribution in [-0.2, 0) is 11.3 Å². The molecule has 0 radical (unpaired) electrons. The van der Waals surface area contributed by atoms with Gasteiger partial charge in [-0.2, -0.15) is 5.26 Å². The number of halogens is 3. The van der Waals surface area contributed by atoms with E-state index in [1.165, 1.54) is 0 Å². The molecule has 0 atom stereocenters. The minimum Gasteiger partial charge on any atom is -0.347 e. The molecule has 0 aliphatic carbocycles. The number of amides is 1. The molecule has 6 heteroatoms. The molecule has 0 spiro atoms. The first-order valence-electron chi connectivity index (χ1n) is 7.01. The van der Waals surface area contributed by atoms with Gasteiger partial charge in [-0.3, -0.25) is 4.79 Å². The number of rotatable bonds is 4. The SMILES string of the molecule is Cc1cccc(CNC(=O)/C(C#N)=C/c2c(F)ccc(Cl)c2F)c1. The summed E-state index contributed by atoms with van der Waals surface area (Å²) >= 11 is 5.59. The highest BCUT2D eigenvalue weighted by atomic mass is 35.5. The third-order valence-corrected chi connectivity index (χ3v) is 3.56. The number of hydrogen-bond acceptors (Lipinski definition) is 2. The smallest absolute Gasteiger partial charge is 0.262 e. The Balaban J connectivity index is 2.21. The van der Waals surface area contributed by atoms with Crippen LogP contribution in [0.15, 0.2) is 42.0 Å². The Kier molecular flexibility index (Phi) is 5.67. The lowest BCUT2D eigenvalue weighted by atomic mass is 10.1. The van der Waals surface area contributed by atoms with Gasteiger partial charge in [0.15, 0.2) is 5.82 Å². The molecule has 122 valence electrons. The van der Waals surface area contributed by atoms with Crippen molar-refractivity contribution in [1.82, 2.24) is 5.32 Å². The van der Waals surface area contributed by atoms with Gasteiger partial charge in [-0.1, -0.05) is 41.4 Å². The van der Waals surface area contributed by atoms with Crippen LogP contribution in [0.2, 0.25) is 5.02 Å². The first-order chi connectivity index (χ1) is 11.4. The fourth-order valence-corrected chi connectivity index (χ4v) is 2.23. The molecule has 0 fully saturated rings. The minimum atomic E-state index is -1.02. The summed E-state index contributed by atoms with van der Waals surface area (Å²) in [6.45, 7) is 2.11. The van der Waals surface area contributed by atoms with E-state index in [1.807, 2.05) is 31.2 Å². The largest absolute Gasteiger partial charge is 0.347 e. The average molecular weight is 347 g/mol. The van der Waals surface area contributed by atoms with Crippen LogP contribution in [0.25, 0.3) is 6.08 Å². The topological polar surface area (TPSA) is 52.9 Å². The molecule has 3 nitrogen and oxygen atoms in total. The molecular weight excluding hydrogens is 334 g/mol. The Morgan fingerprint density at radius 3 is 2.75 bits per heavy atom. The van der Waals surface area contributed by atoms with Crippen LogP contribution in [0.1, 0.15) is 16.7 Å². The van der Waals surface area contributed by atoms with Crippen LogP contribution in [0, 0.1) is 29.9 Å². The van der Waals surface area contributed by atoms with Crippen molar-refractivity contribution in [2.75, 3.05) is 0 Å². The van der Waals surface area contributed by atoms with E-state index >= 15 is 0 Å². The lowest BCUT2D eigenvalue weighted by Gasteiger charge is -2.06. The first kappa shape index (κ1) is 17.6. The number of nitrogens with zero attached hydrogens (tertiary/aromatic N) is 1. The van der Waals surface area contributed by atoms with E-state index in [-0.39, 0.29) is 11.6 Å². The Labute approximate surface area is 143 Å².